The van der Waals surface area contributed by atoms with E-state index in [0.717, 1.165) is 11.3 Å². The van der Waals surface area contributed by atoms with E-state index in [1.165, 1.54) is 29.5 Å². The van der Waals surface area contributed by atoms with E-state index in [1.807, 2.05) is 24.4 Å². The first-order valence-corrected chi connectivity index (χ1v) is 8.94. The summed E-state index contributed by atoms with van der Waals surface area (Å²) in [4.78, 5) is 1.03. The third kappa shape index (κ3) is 3.75. The SMILES string of the molecule is CCCC(NS(=O)(=O)c1ccc(O)c(N)c1)c1cccs1. The van der Waals surface area contributed by atoms with Crippen LogP contribution in [0.1, 0.15) is 30.7 Å². The third-order valence-electron chi connectivity index (χ3n) is 3.07. The Labute approximate surface area is 128 Å². The van der Waals surface area contributed by atoms with Crippen LogP contribution in [0.25, 0.3) is 0 Å². The van der Waals surface area contributed by atoms with E-state index in [1.54, 1.807) is 0 Å². The molecule has 0 radical (unpaired) electrons. The number of phenols is 1. The molecule has 1 atom stereocenters. The summed E-state index contributed by atoms with van der Waals surface area (Å²) < 4.78 is 27.6. The van der Waals surface area contributed by atoms with Crippen LogP contribution in [-0.2, 0) is 10.0 Å². The Balaban J connectivity index is 2.28. The first kappa shape index (κ1) is 15.8. The molecule has 2 rings (SSSR count). The minimum atomic E-state index is -3.68. The number of hydrogen-bond donors (Lipinski definition) is 3. The van der Waals surface area contributed by atoms with Crippen molar-refractivity contribution in [1.82, 2.24) is 4.72 Å². The van der Waals surface area contributed by atoms with Gasteiger partial charge in [0.2, 0.25) is 10.0 Å². The lowest BCUT2D eigenvalue weighted by Gasteiger charge is -2.17. The van der Waals surface area contributed by atoms with Gasteiger partial charge in [-0.2, -0.15) is 0 Å². The van der Waals surface area contributed by atoms with Gasteiger partial charge < -0.3 is 10.8 Å². The molecule has 1 heterocycles. The number of anilines is 1. The van der Waals surface area contributed by atoms with Crippen molar-refractivity contribution >= 4 is 27.0 Å². The molecule has 0 saturated carbocycles. The van der Waals surface area contributed by atoms with E-state index in [-0.39, 0.29) is 22.4 Å². The summed E-state index contributed by atoms with van der Waals surface area (Å²) in [5.74, 6) is -0.127. The zero-order valence-electron chi connectivity index (χ0n) is 11.6. The van der Waals surface area contributed by atoms with E-state index in [0.29, 0.717) is 6.42 Å². The van der Waals surface area contributed by atoms with E-state index in [2.05, 4.69) is 4.72 Å². The van der Waals surface area contributed by atoms with Crippen molar-refractivity contribution < 1.29 is 13.5 Å². The van der Waals surface area contributed by atoms with Gasteiger partial charge in [-0.05, 0) is 36.1 Å². The molecule has 1 unspecified atom stereocenters. The highest BCUT2D eigenvalue weighted by Crippen LogP contribution is 2.27. The predicted molar refractivity (Wildman–Crippen MR) is 84.8 cm³/mol. The fraction of sp³-hybridized carbons (Fsp3) is 0.286. The molecule has 0 aliphatic carbocycles. The molecule has 21 heavy (non-hydrogen) atoms. The van der Waals surface area contributed by atoms with E-state index in [9.17, 15) is 13.5 Å². The number of rotatable bonds is 6. The monoisotopic (exact) mass is 326 g/mol. The van der Waals surface area contributed by atoms with Crippen molar-refractivity contribution in [3.8, 4) is 5.75 Å². The molecular weight excluding hydrogens is 308 g/mol. The van der Waals surface area contributed by atoms with Gasteiger partial charge in [0.15, 0.2) is 0 Å². The summed E-state index contributed by atoms with van der Waals surface area (Å²) in [5.41, 5.74) is 5.60. The van der Waals surface area contributed by atoms with Crippen LogP contribution in [0.3, 0.4) is 0 Å². The van der Waals surface area contributed by atoms with Crippen LogP contribution in [0.4, 0.5) is 5.69 Å². The molecular formula is C14H18N2O3S2. The molecule has 0 aliphatic heterocycles. The Morgan fingerprint density at radius 2 is 2.14 bits per heavy atom. The fourth-order valence-corrected chi connectivity index (χ4v) is 4.16. The van der Waals surface area contributed by atoms with Gasteiger partial charge in [0, 0.05) is 4.88 Å². The number of thiophene rings is 1. The normalized spacial score (nSPS) is 13.2. The highest BCUT2D eigenvalue weighted by atomic mass is 32.2. The van der Waals surface area contributed by atoms with Crippen LogP contribution in [0, 0.1) is 0 Å². The number of aromatic hydroxyl groups is 1. The van der Waals surface area contributed by atoms with Gasteiger partial charge in [-0.1, -0.05) is 19.4 Å². The van der Waals surface area contributed by atoms with Crippen molar-refractivity contribution in [3.63, 3.8) is 0 Å². The van der Waals surface area contributed by atoms with Gasteiger partial charge >= 0.3 is 0 Å². The van der Waals surface area contributed by atoms with Crippen LogP contribution in [0.2, 0.25) is 0 Å². The molecule has 0 bridgehead atoms. The van der Waals surface area contributed by atoms with Crippen LogP contribution in [0.5, 0.6) is 5.75 Å². The minimum Gasteiger partial charge on any atom is -0.506 e. The fourth-order valence-electron chi connectivity index (χ4n) is 1.99. The summed E-state index contributed by atoms with van der Waals surface area (Å²) >= 11 is 1.52. The van der Waals surface area contributed by atoms with Gasteiger partial charge in [-0.3, -0.25) is 0 Å². The van der Waals surface area contributed by atoms with E-state index in [4.69, 9.17) is 5.73 Å². The van der Waals surface area contributed by atoms with Crippen molar-refractivity contribution in [3.05, 3.63) is 40.6 Å². The van der Waals surface area contributed by atoms with Gasteiger partial charge in [0.1, 0.15) is 5.75 Å². The maximum atomic E-state index is 12.4. The van der Waals surface area contributed by atoms with Crippen LogP contribution in [-0.4, -0.2) is 13.5 Å². The van der Waals surface area contributed by atoms with Crippen molar-refractivity contribution in [2.75, 3.05) is 5.73 Å². The van der Waals surface area contributed by atoms with E-state index < -0.39 is 10.0 Å². The molecule has 1 aromatic heterocycles. The highest BCUT2D eigenvalue weighted by molar-refractivity contribution is 7.89. The average molecular weight is 326 g/mol. The lowest BCUT2D eigenvalue weighted by atomic mass is 10.1. The standard InChI is InChI=1S/C14H18N2O3S2/c1-2-4-12(14-5-3-8-20-14)16-21(18,19)10-6-7-13(17)11(15)9-10/h3,5-9,12,16-17H,2,4,15H2,1H3. The number of sulfonamides is 1. The number of nitrogens with one attached hydrogen (secondary N) is 1. The zero-order valence-corrected chi connectivity index (χ0v) is 13.2. The number of phenolic OH excluding ortho intramolecular Hbond substituents is 1. The quantitative estimate of drug-likeness (QED) is 0.562. The summed E-state index contributed by atoms with van der Waals surface area (Å²) in [6.45, 7) is 2.01. The van der Waals surface area contributed by atoms with Gasteiger partial charge in [-0.15, -0.1) is 11.3 Å². The number of hydrogen-bond acceptors (Lipinski definition) is 5. The lowest BCUT2D eigenvalue weighted by Crippen LogP contribution is -2.28. The molecule has 0 saturated heterocycles. The smallest absolute Gasteiger partial charge is 0.241 e. The average Bonchev–Trinajstić information content (AvgIpc) is 2.95. The Hall–Kier alpha value is -1.57. The number of nitrogen functional groups attached to an aromatic ring is 1. The molecule has 5 nitrogen and oxygen atoms in total. The molecule has 2 aromatic rings. The lowest BCUT2D eigenvalue weighted by molar-refractivity contribution is 0.477. The van der Waals surface area contributed by atoms with Crippen LogP contribution >= 0.6 is 11.3 Å². The maximum Gasteiger partial charge on any atom is 0.241 e. The summed E-state index contributed by atoms with van der Waals surface area (Å²) in [5, 5.41) is 11.3. The second-order valence-electron chi connectivity index (χ2n) is 4.70. The van der Waals surface area contributed by atoms with Crippen molar-refractivity contribution in [1.29, 1.82) is 0 Å². The maximum absolute atomic E-state index is 12.4. The Morgan fingerprint density at radius 1 is 1.38 bits per heavy atom. The molecule has 0 fully saturated rings. The molecule has 1 aromatic carbocycles. The van der Waals surface area contributed by atoms with Crippen molar-refractivity contribution in [2.45, 2.75) is 30.7 Å². The summed E-state index contributed by atoms with van der Waals surface area (Å²) in [6, 6.07) is 7.44. The minimum absolute atomic E-state index is 0.0426. The molecule has 0 aliphatic rings. The van der Waals surface area contributed by atoms with Gasteiger partial charge in [0.25, 0.3) is 0 Å². The van der Waals surface area contributed by atoms with Crippen molar-refractivity contribution in [2.24, 2.45) is 0 Å². The van der Waals surface area contributed by atoms with Gasteiger partial charge in [0.05, 0.1) is 16.6 Å². The Bertz CT molecular complexity index is 697. The first-order valence-electron chi connectivity index (χ1n) is 6.58. The number of nitrogens with two attached hydrogens (primary N) is 1. The Kier molecular flexibility index (Phi) is 4.87. The van der Waals surface area contributed by atoms with E-state index >= 15 is 0 Å². The summed E-state index contributed by atoms with van der Waals surface area (Å²) in [7, 11) is -3.68. The molecule has 0 amide bonds. The second-order valence-corrected chi connectivity index (χ2v) is 7.39. The topological polar surface area (TPSA) is 92.4 Å². The highest BCUT2D eigenvalue weighted by Gasteiger charge is 2.22. The molecule has 4 N–H and O–H groups in total. The van der Waals surface area contributed by atoms with Crippen LogP contribution in [0.15, 0.2) is 40.6 Å². The second kappa shape index (κ2) is 6.46. The molecule has 7 heteroatoms. The van der Waals surface area contributed by atoms with Gasteiger partial charge in [-0.25, -0.2) is 13.1 Å². The third-order valence-corrected chi connectivity index (χ3v) is 5.53. The zero-order chi connectivity index (χ0) is 15.5. The molecule has 0 spiro atoms. The Morgan fingerprint density at radius 3 is 2.71 bits per heavy atom. The summed E-state index contributed by atoms with van der Waals surface area (Å²) in [6.07, 6.45) is 1.58. The van der Waals surface area contributed by atoms with Crippen LogP contribution < -0.4 is 10.5 Å². The first-order chi connectivity index (χ1) is 9.94. The largest absolute Gasteiger partial charge is 0.506 e. The molecule has 114 valence electrons. The predicted octanol–water partition coefficient (Wildman–Crippen LogP) is 2.86. The number of benzene rings is 1.